The van der Waals surface area contributed by atoms with Crippen molar-refractivity contribution in [3.8, 4) is 0 Å². The van der Waals surface area contributed by atoms with Gasteiger partial charge in [0.25, 0.3) is 0 Å². The monoisotopic (exact) mass is 328 g/mol. The molecule has 0 bridgehead atoms. The third kappa shape index (κ3) is 3.15. The summed E-state index contributed by atoms with van der Waals surface area (Å²) in [6.07, 6.45) is 23.3. The van der Waals surface area contributed by atoms with Crippen LogP contribution in [0.3, 0.4) is 0 Å². The Hall–Kier alpha value is -1.08. The Labute approximate surface area is 130 Å². The molecule has 3 aliphatic rings. The van der Waals surface area contributed by atoms with Crippen LogP contribution < -0.4 is 0 Å². The SMILES string of the molecule is BrCC1=CC=C(C2=CC=C(C3=CC=CCC3)CC2)CC1. The summed E-state index contributed by atoms with van der Waals surface area (Å²) < 4.78 is 0. The van der Waals surface area contributed by atoms with Crippen LogP contribution in [-0.4, -0.2) is 5.33 Å². The van der Waals surface area contributed by atoms with Gasteiger partial charge in [-0.3, -0.25) is 0 Å². The Morgan fingerprint density at radius 2 is 1.30 bits per heavy atom. The van der Waals surface area contributed by atoms with E-state index in [0.717, 1.165) is 5.33 Å². The van der Waals surface area contributed by atoms with Crippen LogP contribution >= 0.6 is 15.9 Å². The predicted octanol–water partition coefficient (Wildman–Crippen LogP) is 5.95. The summed E-state index contributed by atoms with van der Waals surface area (Å²) in [4.78, 5) is 0. The lowest BCUT2D eigenvalue weighted by atomic mass is 9.84. The van der Waals surface area contributed by atoms with Gasteiger partial charge in [-0.15, -0.1) is 0 Å². The standard InChI is InChI=1S/C19H21Br/c20-14-15-6-8-17(9-7-15)19-12-10-18(11-13-19)16-4-2-1-3-5-16/h1-2,4,6,8,10,12H,3,5,7,9,11,13-14H2. The molecule has 0 radical (unpaired) electrons. The van der Waals surface area contributed by atoms with Crippen LogP contribution in [0.15, 0.2) is 70.4 Å². The maximum atomic E-state index is 3.55. The lowest BCUT2D eigenvalue weighted by Gasteiger charge is -2.21. The summed E-state index contributed by atoms with van der Waals surface area (Å²) in [5.74, 6) is 0. The fourth-order valence-corrected chi connectivity index (χ4v) is 3.57. The number of rotatable bonds is 3. The Bertz CT molecular complexity index is 565. The molecule has 0 saturated heterocycles. The van der Waals surface area contributed by atoms with Crippen molar-refractivity contribution in [3.05, 3.63) is 70.4 Å². The highest BCUT2D eigenvalue weighted by Gasteiger charge is 2.15. The second-order valence-electron chi connectivity index (χ2n) is 5.69. The van der Waals surface area contributed by atoms with Crippen molar-refractivity contribution in [3.63, 3.8) is 0 Å². The van der Waals surface area contributed by atoms with Gasteiger partial charge in [0.05, 0.1) is 0 Å². The number of alkyl halides is 1. The zero-order chi connectivity index (χ0) is 13.8. The van der Waals surface area contributed by atoms with E-state index >= 15 is 0 Å². The van der Waals surface area contributed by atoms with E-state index in [4.69, 9.17) is 0 Å². The molecular formula is C19H21Br. The van der Waals surface area contributed by atoms with Crippen LogP contribution in [0.25, 0.3) is 0 Å². The summed E-state index contributed by atoms with van der Waals surface area (Å²) in [6.45, 7) is 0. The molecule has 0 aromatic rings. The molecule has 0 atom stereocenters. The normalized spacial score (nSPS) is 22.6. The van der Waals surface area contributed by atoms with Gasteiger partial charge in [0.2, 0.25) is 0 Å². The van der Waals surface area contributed by atoms with E-state index in [1.54, 1.807) is 22.3 Å². The van der Waals surface area contributed by atoms with Gasteiger partial charge in [-0.05, 0) is 60.8 Å². The molecule has 0 amide bonds. The Morgan fingerprint density at radius 1 is 0.700 bits per heavy atom. The van der Waals surface area contributed by atoms with Crippen molar-refractivity contribution in [2.24, 2.45) is 0 Å². The minimum atomic E-state index is 1.02. The molecule has 3 rings (SSSR count). The predicted molar refractivity (Wildman–Crippen MR) is 91.1 cm³/mol. The van der Waals surface area contributed by atoms with Gasteiger partial charge in [0, 0.05) is 5.33 Å². The number of hydrogen-bond donors (Lipinski definition) is 0. The second-order valence-corrected chi connectivity index (χ2v) is 6.25. The molecule has 0 spiro atoms. The molecule has 20 heavy (non-hydrogen) atoms. The lowest BCUT2D eigenvalue weighted by Crippen LogP contribution is -2.02. The molecule has 0 unspecified atom stereocenters. The highest BCUT2D eigenvalue weighted by atomic mass is 79.9. The first-order valence-electron chi connectivity index (χ1n) is 7.57. The maximum absolute atomic E-state index is 3.55. The summed E-state index contributed by atoms with van der Waals surface area (Å²) in [7, 11) is 0. The zero-order valence-electron chi connectivity index (χ0n) is 11.9. The van der Waals surface area contributed by atoms with Crippen molar-refractivity contribution >= 4 is 15.9 Å². The molecular weight excluding hydrogens is 308 g/mol. The molecule has 3 aliphatic carbocycles. The van der Waals surface area contributed by atoms with E-state index in [1.807, 2.05) is 0 Å². The summed E-state index contributed by atoms with van der Waals surface area (Å²) in [5, 5.41) is 1.02. The molecule has 0 aromatic carbocycles. The van der Waals surface area contributed by atoms with Gasteiger partial charge in [-0.25, -0.2) is 0 Å². The van der Waals surface area contributed by atoms with Gasteiger partial charge < -0.3 is 0 Å². The van der Waals surface area contributed by atoms with Crippen molar-refractivity contribution < 1.29 is 0 Å². The van der Waals surface area contributed by atoms with Crippen LogP contribution in [0, 0.1) is 0 Å². The lowest BCUT2D eigenvalue weighted by molar-refractivity contribution is 0.840. The fourth-order valence-electron chi connectivity index (χ4n) is 3.10. The van der Waals surface area contributed by atoms with Crippen LogP contribution in [0.4, 0.5) is 0 Å². The van der Waals surface area contributed by atoms with Crippen molar-refractivity contribution in [2.45, 2.75) is 38.5 Å². The fraction of sp³-hybridized carbons (Fsp3) is 0.368. The molecule has 1 heteroatoms. The quantitative estimate of drug-likeness (QED) is 0.561. The molecule has 0 aliphatic heterocycles. The van der Waals surface area contributed by atoms with Gasteiger partial charge >= 0.3 is 0 Å². The van der Waals surface area contributed by atoms with Crippen LogP contribution in [0.5, 0.6) is 0 Å². The number of allylic oxidation sites excluding steroid dienone is 12. The first-order chi connectivity index (χ1) is 9.86. The zero-order valence-corrected chi connectivity index (χ0v) is 13.5. The molecule has 0 fully saturated rings. The van der Waals surface area contributed by atoms with E-state index in [1.165, 1.54) is 44.1 Å². The molecule has 104 valence electrons. The number of hydrogen-bond acceptors (Lipinski definition) is 0. The third-order valence-electron chi connectivity index (χ3n) is 4.40. The minimum absolute atomic E-state index is 1.02. The van der Waals surface area contributed by atoms with Crippen LogP contribution in [0.1, 0.15) is 38.5 Å². The maximum Gasteiger partial charge on any atom is 0.0245 e. The second kappa shape index (κ2) is 6.58. The van der Waals surface area contributed by atoms with E-state index in [0.29, 0.717) is 0 Å². The van der Waals surface area contributed by atoms with Crippen LogP contribution in [-0.2, 0) is 0 Å². The first-order valence-corrected chi connectivity index (χ1v) is 8.70. The highest BCUT2D eigenvalue weighted by molar-refractivity contribution is 9.09. The summed E-state index contributed by atoms with van der Waals surface area (Å²) in [5.41, 5.74) is 7.70. The minimum Gasteiger partial charge on any atom is -0.0880 e. The average molecular weight is 329 g/mol. The number of halogens is 1. The molecule has 0 nitrogen and oxygen atoms in total. The Balaban J connectivity index is 1.75. The highest BCUT2D eigenvalue weighted by Crippen LogP contribution is 2.34. The molecule has 0 saturated carbocycles. The molecule has 0 aromatic heterocycles. The molecule has 0 N–H and O–H groups in total. The van der Waals surface area contributed by atoms with E-state index in [-0.39, 0.29) is 0 Å². The molecule has 0 heterocycles. The van der Waals surface area contributed by atoms with Crippen molar-refractivity contribution in [1.29, 1.82) is 0 Å². The summed E-state index contributed by atoms with van der Waals surface area (Å²) >= 11 is 3.55. The van der Waals surface area contributed by atoms with Crippen molar-refractivity contribution in [1.82, 2.24) is 0 Å². The van der Waals surface area contributed by atoms with E-state index in [2.05, 4.69) is 58.5 Å². The first kappa shape index (κ1) is 13.9. The largest absolute Gasteiger partial charge is 0.0880 e. The van der Waals surface area contributed by atoms with Gasteiger partial charge in [-0.1, -0.05) is 64.0 Å². The van der Waals surface area contributed by atoms with E-state index < -0.39 is 0 Å². The topological polar surface area (TPSA) is 0 Å². The van der Waals surface area contributed by atoms with Gasteiger partial charge in [0.15, 0.2) is 0 Å². The smallest absolute Gasteiger partial charge is 0.0245 e. The Kier molecular flexibility index (Phi) is 4.57. The third-order valence-corrected chi connectivity index (χ3v) is 5.12. The van der Waals surface area contributed by atoms with Gasteiger partial charge in [-0.2, -0.15) is 0 Å². The summed E-state index contributed by atoms with van der Waals surface area (Å²) in [6, 6.07) is 0. The van der Waals surface area contributed by atoms with E-state index in [9.17, 15) is 0 Å². The van der Waals surface area contributed by atoms with Gasteiger partial charge in [0.1, 0.15) is 0 Å². The van der Waals surface area contributed by atoms with Crippen LogP contribution in [0.2, 0.25) is 0 Å². The average Bonchev–Trinajstić information content (AvgIpc) is 2.56. The Morgan fingerprint density at radius 3 is 1.75 bits per heavy atom. The van der Waals surface area contributed by atoms with Crippen molar-refractivity contribution in [2.75, 3.05) is 5.33 Å².